The number of hydrogen-bond donors (Lipinski definition) is 0. The average molecular weight is 391 g/mol. The molecule has 146 valence electrons. The average Bonchev–Trinajstić information content (AvgIpc) is 2.86. The number of aryl methyl sites for hydroxylation is 2. The molecule has 0 fully saturated rings. The van der Waals surface area contributed by atoms with Crippen molar-refractivity contribution in [3.8, 4) is 0 Å². The molecule has 0 saturated carbocycles. The number of ketones is 1. The molecule has 0 amide bonds. The quantitative estimate of drug-likeness (QED) is 0.556. The second-order valence-corrected chi connectivity index (χ2v) is 9.01. The molecular formula is C20H25NO5S. The lowest BCUT2D eigenvalue weighted by Crippen LogP contribution is -2.16. The van der Waals surface area contributed by atoms with Gasteiger partial charge in [-0.05, 0) is 58.4 Å². The number of carbonyl (C=O) groups is 2. The molecule has 0 aliphatic heterocycles. The number of sulfone groups is 1. The van der Waals surface area contributed by atoms with E-state index in [9.17, 15) is 18.0 Å². The Morgan fingerprint density at radius 2 is 1.70 bits per heavy atom. The lowest BCUT2D eigenvalue weighted by atomic mass is 10.1. The molecule has 0 bridgehead atoms. The minimum absolute atomic E-state index is 0.0341. The van der Waals surface area contributed by atoms with Crippen molar-refractivity contribution >= 4 is 21.6 Å². The van der Waals surface area contributed by atoms with Gasteiger partial charge in [-0.15, -0.1) is 0 Å². The summed E-state index contributed by atoms with van der Waals surface area (Å²) in [5.74, 6) is -1.01. The summed E-state index contributed by atoms with van der Waals surface area (Å²) < 4.78 is 30.6. The zero-order chi connectivity index (χ0) is 20.5. The molecule has 0 radical (unpaired) electrons. The van der Waals surface area contributed by atoms with Crippen molar-refractivity contribution in [3.05, 3.63) is 52.3 Å². The van der Waals surface area contributed by atoms with E-state index in [4.69, 9.17) is 4.74 Å². The van der Waals surface area contributed by atoms with Gasteiger partial charge in [-0.2, -0.15) is 0 Å². The van der Waals surface area contributed by atoms with Crippen LogP contribution >= 0.6 is 0 Å². The molecule has 7 heteroatoms. The van der Waals surface area contributed by atoms with Gasteiger partial charge in [0.05, 0.1) is 10.5 Å². The fourth-order valence-corrected chi connectivity index (χ4v) is 3.84. The van der Waals surface area contributed by atoms with Gasteiger partial charge in [-0.25, -0.2) is 13.2 Å². The zero-order valence-corrected chi connectivity index (χ0v) is 17.3. The molecule has 0 N–H and O–H groups in total. The third kappa shape index (κ3) is 4.47. The van der Waals surface area contributed by atoms with Crippen LogP contribution in [-0.4, -0.2) is 37.6 Å². The van der Waals surface area contributed by atoms with Crippen LogP contribution in [0.4, 0.5) is 0 Å². The molecule has 27 heavy (non-hydrogen) atoms. The summed E-state index contributed by atoms with van der Waals surface area (Å²) in [5.41, 5.74) is 3.04. The monoisotopic (exact) mass is 391 g/mol. The van der Waals surface area contributed by atoms with Crippen LogP contribution < -0.4 is 0 Å². The Hall–Kier alpha value is -2.41. The van der Waals surface area contributed by atoms with Gasteiger partial charge in [-0.3, -0.25) is 4.79 Å². The van der Waals surface area contributed by atoms with E-state index in [1.807, 2.05) is 27.7 Å². The smallest absolute Gasteiger partial charge is 0.338 e. The Morgan fingerprint density at radius 3 is 2.22 bits per heavy atom. The fourth-order valence-electron chi connectivity index (χ4n) is 3.19. The van der Waals surface area contributed by atoms with Crippen molar-refractivity contribution in [2.24, 2.45) is 0 Å². The van der Waals surface area contributed by atoms with Gasteiger partial charge in [0.25, 0.3) is 0 Å². The molecule has 0 spiro atoms. The van der Waals surface area contributed by atoms with Crippen molar-refractivity contribution < 1.29 is 22.7 Å². The molecule has 1 aromatic carbocycles. The summed E-state index contributed by atoms with van der Waals surface area (Å²) in [4.78, 5) is 24.9. The summed E-state index contributed by atoms with van der Waals surface area (Å²) in [5, 5.41) is 0. The number of carbonyl (C=O) groups excluding carboxylic acids is 2. The van der Waals surface area contributed by atoms with E-state index in [1.54, 1.807) is 19.1 Å². The summed E-state index contributed by atoms with van der Waals surface area (Å²) >= 11 is 0. The summed E-state index contributed by atoms with van der Waals surface area (Å²) in [6.45, 7) is 9.14. The van der Waals surface area contributed by atoms with E-state index in [1.165, 1.54) is 12.1 Å². The van der Waals surface area contributed by atoms with Gasteiger partial charge in [0.1, 0.15) is 0 Å². The van der Waals surface area contributed by atoms with E-state index in [0.717, 1.165) is 17.6 Å². The standard InChI is InChI=1S/C20H25NO5S/c1-12(2)21-14(4)9-18(15(21)5)19(22)11-26-20(23)17-10-16(27(6,24)25)8-7-13(17)3/h7-10,12H,11H2,1-6H3. The Kier molecular flexibility index (Phi) is 5.94. The van der Waals surface area contributed by atoms with Gasteiger partial charge in [-0.1, -0.05) is 6.07 Å². The molecular weight excluding hydrogens is 366 g/mol. The number of benzene rings is 1. The highest BCUT2D eigenvalue weighted by Crippen LogP contribution is 2.21. The van der Waals surface area contributed by atoms with Crippen molar-refractivity contribution in [2.75, 3.05) is 12.9 Å². The summed E-state index contributed by atoms with van der Waals surface area (Å²) in [6, 6.07) is 6.28. The lowest BCUT2D eigenvalue weighted by Gasteiger charge is -2.13. The number of rotatable bonds is 6. The molecule has 0 saturated heterocycles. The molecule has 0 atom stereocenters. The minimum Gasteiger partial charge on any atom is -0.454 e. The van der Waals surface area contributed by atoms with E-state index in [2.05, 4.69) is 4.57 Å². The van der Waals surface area contributed by atoms with Crippen LogP contribution in [0, 0.1) is 20.8 Å². The first-order valence-corrected chi connectivity index (χ1v) is 10.5. The number of aromatic nitrogens is 1. The van der Waals surface area contributed by atoms with Crippen LogP contribution in [0.1, 0.15) is 57.6 Å². The van der Waals surface area contributed by atoms with Crippen molar-refractivity contribution in [3.63, 3.8) is 0 Å². The maximum atomic E-state index is 12.5. The second kappa shape index (κ2) is 7.68. The summed E-state index contributed by atoms with van der Waals surface area (Å²) in [6.07, 6.45) is 1.07. The van der Waals surface area contributed by atoms with E-state index < -0.39 is 22.4 Å². The predicted octanol–water partition coefficient (Wildman–Crippen LogP) is 3.44. The Morgan fingerprint density at radius 1 is 1.07 bits per heavy atom. The molecule has 1 aromatic heterocycles. The molecule has 2 aromatic rings. The largest absolute Gasteiger partial charge is 0.454 e. The zero-order valence-electron chi connectivity index (χ0n) is 16.5. The Labute approximate surface area is 160 Å². The first-order valence-electron chi connectivity index (χ1n) is 8.63. The SMILES string of the molecule is Cc1ccc(S(C)(=O)=O)cc1C(=O)OCC(=O)c1cc(C)n(C(C)C)c1C. The summed E-state index contributed by atoms with van der Waals surface area (Å²) in [7, 11) is -3.44. The lowest BCUT2D eigenvalue weighted by molar-refractivity contribution is 0.0473. The Balaban J connectivity index is 2.19. The third-order valence-corrected chi connectivity index (χ3v) is 5.60. The number of esters is 1. The highest BCUT2D eigenvalue weighted by atomic mass is 32.2. The highest BCUT2D eigenvalue weighted by Gasteiger charge is 2.20. The topological polar surface area (TPSA) is 82.4 Å². The maximum Gasteiger partial charge on any atom is 0.338 e. The van der Waals surface area contributed by atoms with E-state index in [-0.39, 0.29) is 22.3 Å². The molecule has 2 rings (SSSR count). The Bertz CT molecular complexity index is 1000. The second-order valence-electron chi connectivity index (χ2n) is 7.00. The van der Waals surface area contributed by atoms with Crippen LogP contribution in [0.5, 0.6) is 0 Å². The van der Waals surface area contributed by atoms with Crippen LogP contribution in [0.2, 0.25) is 0 Å². The van der Waals surface area contributed by atoms with Crippen LogP contribution in [0.25, 0.3) is 0 Å². The van der Waals surface area contributed by atoms with Crippen LogP contribution in [0.3, 0.4) is 0 Å². The highest BCUT2D eigenvalue weighted by molar-refractivity contribution is 7.90. The van der Waals surface area contributed by atoms with Crippen LogP contribution in [-0.2, 0) is 14.6 Å². The van der Waals surface area contributed by atoms with E-state index >= 15 is 0 Å². The third-order valence-electron chi connectivity index (χ3n) is 4.49. The number of ether oxygens (including phenoxy) is 1. The first kappa shape index (κ1) is 20.9. The van der Waals surface area contributed by atoms with Gasteiger partial charge >= 0.3 is 5.97 Å². The number of nitrogens with zero attached hydrogens (tertiary/aromatic N) is 1. The number of Topliss-reactive ketones (excluding diaryl/α,β-unsaturated/α-hetero) is 1. The van der Waals surface area contributed by atoms with E-state index in [0.29, 0.717) is 11.1 Å². The minimum atomic E-state index is -3.44. The van der Waals surface area contributed by atoms with Gasteiger partial charge in [0.2, 0.25) is 5.78 Å². The van der Waals surface area contributed by atoms with Gasteiger partial charge in [0.15, 0.2) is 16.4 Å². The molecule has 0 aliphatic carbocycles. The number of hydrogen-bond acceptors (Lipinski definition) is 5. The van der Waals surface area contributed by atoms with Gasteiger partial charge in [0, 0.05) is 29.2 Å². The fraction of sp³-hybridized carbons (Fsp3) is 0.400. The maximum absolute atomic E-state index is 12.5. The van der Waals surface area contributed by atoms with Crippen molar-refractivity contribution in [1.82, 2.24) is 4.57 Å². The first-order chi connectivity index (χ1) is 12.4. The molecule has 1 heterocycles. The van der Waals surface area contributed by atoms with Crippen molar-refractivity contribution in [2.45, 2.75) is 45.6 Å². The molecule has 0 aliphatic rings. The van der Waals surface area contributed by atoms with Crippen LogP contribution in [0.15, 0.2) is 29.2 Å². The van der Waals surface area contributed by atoms with Gasteiger partial charge < -0.3 is 9.30 Å². The normalized spacial score (nSPS) is 11.7. The van der Waals surface area contributed by atoms with Crippen molar-refractivity contribution in [1.29, 1.82) is 0 Å². The predicted molar refractivity (Wildman–Crippen MR) is 103 cm³/mol. The molecule has 6 nitrogen and oxygen atoms in total. The molecule has 0 unspecified atom stereocenters.